The fourth-order valence-electron chi connectivity index (χ4n) is 3.78. The predicted octanol–water partition coefficient (Wildman–Crippen LogP) is 3.52. The molecule has 1 heterocycles. The number of carbonyl (C=O) groups excluding carboxylic acids is 4. The zero-order chi connectivity index (χ0) is 28.6. The van der Waals surface area contributed by atoms with Gasteiger partial charge in [-0.3, -0.25) is 23.7 Å². The van der Waals surface area contributed by atoms with E-state index < -0.39 is 61.9 Å². The van der Waals surface area contributed by atoms with Crippen molar-refractivity contribution in [3.63, 3.8) is 0 Å². The summed E-state index contributed by atoms with van der Waals surface area (Å²) in [4.78, 5) is 48.1. The number of esters is 4. The monoisotopic (exact) mass is 564 g/mol. The van der Waals surface area contributed by atoms with Crippen LogP contribution in [0.2, 0.25) is 0 Å². The lowest BCUT2D eigenvalue weighted by atomic mass is 10.0. The molecule has 0 radical (unpaired) electrons. The van der Waals surface area contributed by atoms with E-state index in [2.05, 4.69) is 0 Å². The highest BCUT2D eigenvalue weighted by Gasteiger charge is 2.60. The molecule has 210 valence electrons. The Balaban J connectivity index is 2.13. The van der Waals surface area contributed by atoms with Crippen LogP contribution in [0.3, 0.4) is 0 Å². The highest BCUT2D eigenvalue weighted by Crippen LogP contribution is 2.58. The minimum Gasteiger partial charge on any atom is -0.455 e. The van der Waals surface area contributed by atoms with Crippen molar-refractivity contribution in [1.82, 2.24) is 0 Å². The van der Waals surface area contributed by atoms with Gasteiger partial charge in [-0.1, -0.05) is 48.5 Å². The maximum absolute atomic E-state index is 14.5. The summed E-state index contributed by atoms with van der Waals surface area (Å²) < 4.78 is 53.3. The maximum atomic E-state index is 14.5. The van der Waals surface area contributed by atoms with Gasteiger partial charge in [-0.15, -0.1) is 0 Å². The molecule has 0 amide bonds. The molecule has 0 spiro atoms. The Hall–Kier alpha value is -3.73. The number of rotatable bonds is 10. The van der Waals surface area contributed by atoms with Crippen LogP contribution in [0.5, 0.6) is 5.75 Å². The van der Waals surface area contributed by atoms with E-state index >= 15 is 0 Å². The molecule has 1 fully saturated rings. The van der Waals surface area contributed by atoms with Crippen molar-refractivity contribution >= 4 is 31.5 Å². The first-order chi connectivity index (χ1) is 18.5. The lowest BCUT2D eigenvalue weighted by Gasteiger charge is -2.44. The summed E-state index contributed by atoms with van der Waals surface area (Å²) in [5.41, 5.74) is 0.625. The Morgan fingerprint density at radius 1 is 0.692 bits per heavy atom. The number of ether oxygens (including phenoxy) is 5. The van der Waals surface area contributed by atoms with Gasteiger partial charge in [0.1, 0.15) is 5.75 Å². The lowest BCUT2D eigenvalue weighted by Crippen LogP contribution is -2.62. The van der Waals surface area contributed by atoms with Crippen molar-refractivity contribution in [3.8, 4) is 5.75 Å². The molecule has 1 unspecified atom stereocenters. The van der Waals surface area contributed by atoms with Gasteiger partial charge in [0, 0.05) is 27.7 Å². The van der Waals surface area contributed by atoms with E-state index in [1.54, 1.807) is 48.5 Å². The second-order valence-corrected chi connectivity index (χ2v) is 10.5. The van der Waals surface area contributed by atoms with Crippen molar-refractivity contribution in [2.45, 2.75) is 64.7 Å². The van der Waals surface area contributed by atoms with Crippen molar-refractivity contribution in [3.05, 3.63) is 66.2 Å². The molecule has 6 atom stereocenters. The normalized spacial score (nSPS) is 23.9. The Kier molecular flexibility index (Phi) is 10.2. The smallest absolute Gasteiger partial charge is 0.412 e. The van der Waals surface area contributed by atoms with Crippen LogP contribution in [0.4, 0.5) is 0 Å². The zero-order valence-corrected chi connectivity index (χ0v) is 22.6. The van der Waals surface area contributed by atoms with Crippen molar-refractivity contribution in [1.29, 1.82) is 0 Å². The first-order valence-electron chi connectivity index (χ1n) is 11.9. The summed E-state index contributed by atoms with van der Waals surface area (Å²) in [7, 11) is -4.54. The van der Waals surface area contributed by atoms with E-state index in [9.17, 15) is 23.7 Å². The van der Waals surface area contributed by atoms with Gasteiger partial charge in [-0.25, -0.2) is 4.57 Å². The minimum atomic E-state index is -4.54. The Bertz CT molecular complexity index is 1200. The van der Waals surface area contributed by atoms with Crippen molar-refractivity contribution in [2.75, 3.05) is 0 Å². The van der Waals surface area contributed by atoms with Crippen molar-refractivity contribution < 1.29 is 56.5 Å². The van der Waals surface area contributed by atoms with Gasteiger partial charge in [0.05, 0.1) is 6.61 Å². The third-order valence-electron chi connectivity index (χ3n) is 5.20. The fourth-order valence-corrected chi connectivity index (χ4v) is 5.69. The van der Waals surface area contributed by atoms with E-state index in [-0.39, 0.29) is 12.4 Å². The lowest BCUT2D eigenvalue weighted by molar-refractivity contribution is -0.284. The molecular formula is C26H29O12P. The molecule has 39 heavy (non-hydrogen) atoms. The molecule has 0 aromatic heterocycles. The SMILES string of the molecule is CC(=O)O[C@@H]1O[C@H](P(=O)(OCc2ccccc2)Oc2ccccc2)[C@@H](OC(C)=O)[C@H](OC(C)=O)[C@H]1OC(C)=O. The largest absolute Gasteiger partial charge is 0.455 e. The summed E-state index contributed by atoms with van der Waals surface area (Å²) in [6, 6.07) is 16.7. The highest BCUT2D eigenvalue weighted by molar-refractivity contribution is 7.54. The van der Waals surface area contributed by atoms with Gasteiger partial charge < -0.3 is 28.2 Å². The van der Waals surface area contributed by atoms with Gasteiger partial charge in [0.15, 0.2) is 12.2 Å². The molecule has 12 nitrogen and oxygen atoms in total. The van der Waals surface area contributed by atoms with E-state index in [0.29, 0.717) is 5.56 Å². The van der Waals surface area contributed by atoms with Crippen molar-refractivity contribution in [2.24, 2.45) is 0 Å². The van der Waals surface area contributed by atoms with Crippen LogP contribution in [0, 0.1) is 0 Å². The molecule has 2 aromatic carbocycles. The molecule has 1 aliphatic heterocycles. The van der Waals surface area contributed by atoms with Gasteiger partial charge in [0.25, 0.3) is 0 Å². The third-order valence-corrected chi connectivity index (χ3v) is 7.19. The average Bonchev–Trinajstić information content (AvgIpc) is 2.86. The summed E-state index contributed by atoms with van der Waals surface area (Å²) >= 11 is 0. The quantitative estimate of drug-likeness (QED) is 0.236. The molecule has 1 saturated heterocycles. The van der Waals surface area contributed by atoms with Gasteiger partial charge in [-0.05, 0) is 17.7 Å². The van der Waals surface area contributed by atoms with Crippen LogP contribution in [-0.4, -0.2) is 54.3 Å². The Labute approximate surface area is 224 Å². The summed E-state index contributed by atoms with van der Waals surface area (Å²) in [5.74, 6) is -5.11. The summed E-state index contributed by atoms with van der Waals surface area (Å²) in [6.07, 6.45) is -6.62. The molecule has 2 aromatic rings. The zero-order valence-electron chi connectivity index (χ0n) is 21.7. The first kappa shape index (κ1) is 29.8. The molecule has 13 heteroatoms. The average molecular weight is 564 g/mol. The van der Waals surface area contributed by atoms with Gasteiger partial charge in [-0.2, -0.15) is 0 Å². The first-order valence-corrected chi connectivity index (χ1v) is 13.5. The topological polar surface area (TPSA) is 150 Å². The second kappa shape index (κ2) is 13.4. The third kappa shape index (κ3) is 8.38. The van der Waals surface area contributed by atoms with Crippen LogP contribution in [0.1, 0.15) is 33.3 Å². The predicted molar refractivity (Wildman–Crippen MR) is 133 cm³/mol. The molecule has 0 bridgehead atoms. The van der Waals surface area contributed by atoms with E-state index in [1.807, 2.05) is 0 Å². The molecule has 1 aliphatic rings. The number of benzene rings is 2. The number of hydrogen-bond acceptors (Lipinski definition) is 12. The van der Waals surface area contributed by atoms with Gasteiger partial charge >= 0.3 is 31.5 Å². The molecular weight excluding hydrogens is 535 g/mol. The Morgan fingerprint density at radius 2 is 1.18 bits per heavy atom. The molecule has 0 aliphatic carbocycles. The molecule has 3 rings (SSSR count). The standard InChI is InChI=1S/C26H29O12P/c1-16(27)33-22-23(34-17(2)28)25(36-19(4)30)37-26(24(22)35-18(3)29)39(31,38-21-13-9-6-10-14-21)32-15-20-11-7-5-8-12-20/h5-14,22-26H,15H2,1-4H3/t22-,23-,24+,25-,26-,39?/m1/s1. The number of carbonyl (C=O) groups is 4. The van der Waals surface area contributed by atoms with Crippen LogP contribution < -0.4 is 4.52 Å². The van der Waals surface area contributed by atoms with Crippen LogP contribution >= 0.6 is 7.60 Å². The summed E-state index contributed by atoms with van der Waals surface area (Å²) in [5, 5.41) is 0. The summed E-state index contributed by atoms with van der Waals surface area (Å²) in [6.45, 7) is 4.03. The Morgan fingerprint density at radius 3 is 1.72 bits per heavy atom. The van der Waals surface area contributed by atoms with E-state index in [1.165, 1.54) is 12.1 Å². The van der Waals surface area contributed by atoms with Crippen LogP contribution in [0.25, 0.3) is 0 Å². The highest BCUT2D eigenvalue weighted by atomic mass is 31.2. The van der Waals surface area contributed by atoms with E-state index in [4.69, 9.17) is 32.7 Å². The van der Waals surface area contributed by atoms with Gasteiger partial charge in [0.2, 0.25) is 18.2 Å². The van der Waals surface area contributed by atoms with Crippen LogP contribution in [-0.2, 0) is 58.6 Å². The van der Waals surface area contributed by atoms with E-state index in [0.717, 1.165) is 27.7 Å². The second-order valence-electron chi connectivity index (χ2n) is 8.43. The molecule has 0 N–H and O–H groups in total. The fraction of sp³-hybridized carbons (Fsp3) is 0.385. The molecule has 0 saturated carbocycles. The number of hydrogen-bond donors (Lipinski definition) is 0. The maximum Gasteiger partial charge on any atom is 0.412 e. The number of para-hydroxylation sites is 1. The van der Waals surface area contributed by atoms with Crippen LogP contribution in [0.15, 0.2) is 60.7 Å². The minimum absolute atomic E-state index is 0.120.